The minimum absolute atomic E-state index is 0.0243. The van der Waals surface area contributed by atoms with E-state index in [2.05, 4.69) is 10.1 Å². The Kier molecular flexibility index (Phi) is 3.46. The normalized spacial score (nSPS) is 16.7. The number of aromatic nitrogens is 3. The van der Waals surface area contributed by atoms with E-state index in [-0.39, 0.29) is 24.7 Å². The second-order valence-corrected chi connectivity index (χ2v) is 6.69. The molecule has 0 spiro atoms. The molecule has 1 aliphatic heterocycles. The summed E-state index contributed by atoms with van der Waals surface area (Å²) in [7, 11) is 0. The van der Waals surface area contributed by atoms with Gasteiger partial charge in [-0.05, 0) is 31.4 Å². The predicted molar refractivity (Wildman–Crippen MR) is 83.5 cm³/mol. The zero-order valence-electron chi connectivity index (χ0n) is 13.6. The molecule has 0 aromatic carbocycles. The van der Waals surface area contributed by atoms with Gasteiger partial charge in [0.2, 0.25) is 0 Å². The molecule has 122 valence electrons. The van der Waals surface area contributed by atoms with Gasteiger partial charge in [-0.3, -0.25) is 9.59 Å². The number of carbonyl (C=O) groups excluding carboxylic acids is 1. The zero-order chi connectivity index (χ0) is 16.9. The molecule has 7 heteroatoms. The average molecular weight is 318 g/mol. The maximum atomic E-state index is 13.5. The molecule has 1 fully saturated rings. The first-order valence-electron chi connectivity index (χ1n) is 7.58. The highest BCUT2D eigenvalue weighted by Crippen LogP contribution is 2.25. The molecule has 0 N–H and O–H groups in total. The van der Waals surface area contributed by atoms with Crippen molar-refractivity contribution >= 4 is 11.6 Å². The largest absolute Gasteiger partial charge is 0.331 e. The molecule has 0 unspecified atom stereocenters. The lowest BCUT2D eigenvalue weighted by atomic mass is 9.99. The van der Waals surface area contributed by atoms with Gasteiger partial charge in [0.1, 0.15) is 11.4 Å². The summed E-state index contributed by atoms with van der Waals surface area (Å²) in [6.07, 6.45) is 0. The Labute approximate surface area is 132 Å². The van der Waals surface area contributed by atoms with Crippen LogP contribution in [0.15, 0.2) is 16.9 Å². The van der Waals surface area contributed by atoms with Gasteiger partial charge >= 0.3 is 0 Å². The molecule has 0 saturated carbocycles. The van der Waals surface area contributed by atoms with E-state index in [0.29, 0.717) is 5.65 Å². The van der Waals surface area contributed by atoms with E-state index in [1.807, 2.05) is 20.8 Å². The molecule has 3 heterocycles. The number of rotatable bonds is 2. The van der Waals surface area contributed by atoms with Gasteiger partial charge in [0.25, 0.3) is 11.5 Å². The van der Waals surface area contributed by atoms with Crippen molar-refractivity contribution in [2.45, 2.75) is 39.3 Å². The Morgan fingerprint density at radius 3 is 2.57 bits per heavy atom. The van der Waals surface area contributed by atoms with Gasteiger partial charge in [-0.15, -0.1) is 0 Å². The van der Waals surface area contributed by atoms with Crippen LogP contribution in [0, 0.1) is 6.92 Å². The van der Waals surface area contributed by atoms with Crippen LogP contribution in [0.1, 0.15) is 48.4 Å². The molecule has 1 amide bonds. The molecule has 0 radical (unpaired) electrons. The van der Waals surface area contributed by atoms with Gasteiger partial charge < -0.3 is 4.90 Å². The van der Waals surface area contributed by atoms with Crippen molar-refractivity contribution in [2.24, 2.45) is 0 Å². The standard InChI is InChI=1S/C16H19FN4O2/c1-9(2)14-10(3)5-12-18-11(6-13(22)21(12)19-14)15(23)20-7-16(4,17)8-20/h5-6,9H,7-8H2,1-4H3. The lowest BCUT2D eigenvalue weighted by Gasteiger charge is -2.41. The number of fused-ring (bicyclic) bond motifs is 1. The van der Waals surface area contributed by atoms with Gasteiger partial charge in [0.15, 0.2) is 5.65 Å². The van der Waals surface area contributed by atoms with Crippen LogP contribution in [0.3, 0.4) is 0 Å². The molecule has 6 nitrogen and oxygen atoms in total. The van der Waals surface area contributed by atoms with E-state index in [9.17, 15) is 14.0 Å². The molecule has 0 aliphatic carbocycles. The summed E-state index contributed by atoms with van der Waals surface area (Å²) < 4.78 is 14.7. The number of halogens is 1. The van der Waals surface area contributed by atoms with Gasteiger partial charge in [-0.2, -0.15) is 9.61 Å². The second kappa shape index (κ2) is 5.11. The molecule has 23 heavy (non-hydrogen) atoms. The van der Waals surface area contributed by atoms with Gasteiger partial charge in [-0.1, -0.05) is 13.8 Å². The number of alkyl halides is 1. The van der Waals surface area contributed by atoms with Crippen molar-refractivity contribution < 1.29 is 9.18 Å². The van der Waals surface area contributed by atoms with Crippen LogP contribution in [0.5, 0.6) is 0 Å². The van der Waals surface area contributed by atoms with Gasteiger partial charge in [0, 0.05) is 6.07 Å². The highest BCUT2D eigenvalue weighted by Gasteiger charge is 2.42. The maximum absolute atomic E-state index is 13.5. The van der Waals surface area contributed by atoms with Crippen LogP contribution in [-0.4, -0.2) is 44.2 Å². The van der Waals surface area contributed by atoms with E-state index in [1.165, 1.54) is 16.3 Å². The molecular formula is C16H19FN4O2. The number of hydrogen-bond acceptors (Lipinski definition) is 4. The van der Waals surface area contributed by atoms with Crippen molar-refractivity contribution in [1.29, 1.82) is 0 Å². The molecule has 1 aliphatic rings. The minimum Gasteiger partial charge on any atom is -0.331 e. The summed E-state index contributed by atoms with van der Waals surface area (Å²) in [6, 6.07) is 2.91. The van der Waals surface area contributed by atoms with Crippen molar-refractivity contribution in [1.82, 2.24) is 19.5 Å². The van der Waals surface area contributed by atoms with Crippen LogP contribution < -0.4 is 5.56 Å². The quantitative estimate of drug-likeness (QED) is 0.845. The molecule has 1 saturated heterocycles. The third-order valence-electron chi connectivity index (χ3n) is 3.97. The summed E-state index contributed by atoms with van der Waals surface area (Å²) in [5.41, 5.74) is 0.318. The monoisotopic (exact) mass is 318 g/mol. The summed E-state index contributed by atoms with van der Waals surface area (Å²) in [5, 5.41) is 4.33. The average Bonchev–Trinajstić information content (AvgIpc) is 2.42. The van der Waals surface area contributed by atoms with E-state index >= 15 is 0 Å². The van der Waals surface area contributed by atoms with E-state index in [0.717, 1.165) is 17.3 Å². The second-order valence-electron chi connectivity index (χ2n) is 6.69. The van der Waals surface area contributed by atoms with E-state index in [1.54, 1.807) is 6.07 Å². The summed E-state index contributed by atoms with van der Waals surface area (Å²) in [5.74, 6) is -0.249. The van der Waals surface area contributed by atoms with Crippen molar-refractivity contribution in [2.75, 3.05) is 13.1 Å². The molecule has 0 bridgehead atoms. The molecule has 2 aromatic heterocycles. The summed E-state index contributed by atoms with van der Waals surface area (Å²) in [6.45, 7) is 7.38. The highest BCUT2D eigenvalue weighted by molar-refractivity contribution is 5.93. The Morgan fingerprint density at radius 1 is 1.35 bits per heavy atom. The Morgan fingerprint density at radius 2 is 2.00 bits per heavy atom. The third kappa shape index (κ3) is 2.71. The van der Waals surface area contributed by atoms with E-state index in [4.69, 9.17) is 0 Å². The number of nitrogens with zero attached hydrogens (tertiary/aromatic N) is 4. The van der Waals surface area contributed by atoms with Gasteiger partial charge in [-0.25, -0.2) is 9.37 Å². The zero-order valence-corrected chi connectivity index (χ0v) is 13.6. The van der Waals surface area contributed by atoms with Gasteiger partial charge in [0.05, 0.1) is 18.8 Å². The highest BCUT2D eigenvalue weighted by atomic mass is 19.1. The first-order valence-corrected chi connectivity index (χ1v) is 7.58. The van der Waals surface area contributed by atoms with E-state index < -0.39 is 17.1 Å². The van der Waals surface area contributed by atoms with Crippen LogP contribution in [-0.2, 0) is 0 Å². The van der Waals surface area contributed by atoms with Crippen molar-refractivity contribution in [3.63, 3.8) is 0 Å². The fourth-order valence-corrected chi connectivity index (χ4v) is 2.88. The van der Waals surface area contributed by atoms with Crippen LogP contribution >= 0.6 is 0 Å². The van der Waals surface area contributed by atoms with Crippen molar-refractivity contribution in [3.8, 4) is 0 Å². The van der Waals surface area contributed by atoms with Crippen molar-refractivity contribution in [3.05, 3.63) is 39.4 Å². The topological polar surface area (TPSA) is 67.6 Å². The molecule has 0 atom stereocenters. The predicted octanol–water partition coefficient (Wildman–Crippen LogP) is 1.71. The summed E-state index contributed by atoms with van der Waals surface area (Å²) in [4.78, 5) is 30.1. The fourth-order valence-electron chi connectivity index (χ4n) is 2.88. The molecular weight excluding hydrogens is 299 g/mol. The Balaban J connectivity index is 2.03. The first kappa shape index (κ1) is 15.6. The Bertz CT molecular complexity index is 849. The van der Waals surface area contributed by atoms with Crippen LogP contribution in [0.25, 0.3) is 5.65 Å². The minimum atomic E-state index is -1.36. The SMILES string of the molecule is Cc1cc2nc(C(=O)N3CC(C)(F)C3)cc(=O)n2nc1C(C)C. The summed E-state index contributed by atoms with van der Waals surface area (Å²) >= 11 is 0. The maximum Gasteiger partial charge on any atom is 0.275 e. The smallest absolute Gasteiger partial charge is 0.275 e. The number of hydrogen-bond donors (Lipinski definition) is 0. The number of carbonyl (C=O) groups is 1. The molecule has 2 aromatic rings. The number of amides is 1. The fraction of sp³-hybridized carbons (Fsp3) is 0.500. The number of aryl methyl sites for hydroxylation is 1. The van der Waals surface area contributed by atoms with Crippen LogP contribution in [0.2, 0.25) is 0 Å². The number of likely N-dealkylation sites (tertiary alicyclic amines) is 1. The first-order chi connectivity index (χ1) is 10.7. The van der Waals surface area contributed by atoms with Crippen LogP contribution in [0.4, 0.5) is 4.39 Å². The lowest BCUT2D eigenvalue weighted by molar-refractivity contribution is -0.00822. The molecule has 3 rings (SSSR count). The Hall–Kier alpha value is -2.31. The lowest BCUT2D eigenvalue weighted by Crippen LogP contribution is -2.59. The third-order valence-corrected chi connectivity index (χ3v) is 3.97.